The average molecular weight is 283 g/mol. The lowest BCUT2D eigenvalue weighted by molar-refractivity contribution is -0.142. The highest BCUT2D eigenvalue weighted by molar-refractivity contribution is 6.32. The largest absolute Gasteiger partial charge is 0.435 e. The van der Waals surface area contributed by atoms with Gasteiger partial charge in [-0.3, -0.25) is 4.79 Å². The Hall–Kier alpha value is -1.08. The second kappa shape index (κ2) is 4.89. The maximum atomic E-state index is 12.7. The smallest absolute Gasteiger partial charge is 0.356 e. The van der Waals surface area contributed by atoms with E-state index in [2.05, 4.69) is 5.10 Å². The first-order chi connectivity index (χ1) is 8.45. The van der Waals surface area contributed by atoms with Crippen LogP contribution in [0.5, 0.6) is 0 Å². The van der Waals surface area contributed by atoms with Gasteiger partial charge in [-0.2, -0.15) is 18.3 Å². The van der Waals surface area contributed by atoms with Crippen LogP contribution in [0.15, 0.2) is 0 Å². The standard InChI is InChI=1S/C10H10ClF3N2O2/c11-9-6(5-17)8(10(12,13)14)15-16(9)7-3-1-2-4-18-7/h5,7H,1-4H2. The molecule has 1 aliphatic rings. The van der Waals surface area contributed by atoms with Crippen LogP contribution in [0.25, 0.3) is 0 Å². The SMILES string of the molecule is O=Cc1c(C(F)(F)F)nn(C2CCCCO2)c1Cl. The van der Waals surface area contributed by atoms with E-state index in [-0.39, 0.29) is 11.4 Å². The normalized spacial score (nSPS) is 21.0. The van der Waals surface area contributed by atoms with Crippen molar-refractivity contribution in [3.8, 4) is 0 Å². The number of aromatic nitrogens is 2. The van der Waals surface area contributed by atoms with Gasteiger partial charge in [-0.25, -0.2) is 4.68 Å². The van der Waals surface area contributed by atoms with Gasteiger partial charge in [0.15, 0.2) is 18.2 Å². The second-order valence-electron chi connectivity index (χ2n) is 3.93. The zero-order valence-electron chi connectivity index (χ0n) is 9.21. The lowest BCUT2D eigenvalue weighted by Gasteiger charge is -2.23. The number of aldehydes is 1. The maximum Gasteiger partial charge on any atom is 0.435 e. The fourth-order valence-corrected chi connectivity index (χ4v) is 2.13. The number of nitrogens with zero attached hydrogens (tertiary/aromatic N) is 2. The van der Waals surface area contributed by atoms with E-state index in [1.54, 1.807) is 0 Å². The quantitative estimate of drug-likeness (QED) is 0.783. The summed E-state index contributed by atoms with van der Waals surface area (Å²) in [5.74, 6) is 0. The summed E-state index contributed by atoms with van der Waals surface area (Å²) in [5.41, 5.74) is -1.91. The molecule has 0 N–H and O–H groups in total. The van der Waals surface area contributed by atoms with Gasteiger partial charge in [-0.05, 0) is 19.3 Å². The lowest BCUT2D eigenvalue weighted by Crippen LogP contribution is -2.20. The van der Waals surface area contributed by atoms with Crippen LogP contribution in [0.2, 0.25) is 5.15 Å². The van der Waals surface area contributed by atoms with Crippen LogP contribution in [0.4, 0.5) is 13.2 Å². The van der Waals surface area contributed by atoms with Crippen molar-refractivity contribution in [1.82, 2.24) is 9.78 Å². The topological polar surface area (TPSA) is 44.1 Å². The summed E-state index contributed by atoms with van der Waals surface area (Å²) in [7, 11) is 0. The van der Waals surface area contributed by atoms with Crippen LogP contribution in [0.3, 0.4) is 0 Å². The number of ether oxygens (including phenoxy) is 1. The van der Waals surface area contributed by atoms with Gasteiger partial charge < -0.3 is 4.74 Å². The molecule has 0 amide bonds. The molecule has 1 fully saturated rings. The Bertz CT molecular complexity index is 453. The van der Waals surface area contributed by atoms with Crippen LogP contribution in [0.1, 0.15) is 41.5 Å². The van der Waals surface area contributed by atoms with Crippen LogP contribution in [-0.4, -0.2) is 22.7 Å². The molecule has 1 unspecified atom stereocenters. The van der Waals surface area contributed by atoms with Gasteiger partial charge in [-0.1, -0.05) is 11.6 Å². The van der Waals surface area contributed by atoms with Gasteiger partial charge in [0.1, 0.15) is 5.15 Å². The number of carbonyl (C=O) groups is 1. The molecule has 0 bridgehead atoms. The maximum absolute atomic E-state index is 12.7. The summed E-state index contributed by atoms with van der Waals surface area (Å²) in [5, 5.41) is 3.05. The molecule has 2 rings (SSSR count). The highest BCUT2D eigenvalue weighted by atomic mass is 35.5. The van der Waals surface area contributed by atoms with E-state index in [0.29, 0.717) is 13.0 Å². The van der Waals surface area contributed by atoms with Crippen LogP contribution < -0.4 is 0 Å². The number of alkyl halides is 3. The number of hydrogen-bond acceptors (Lipinski definition) is 3. The van der Waals surface area contributed by atoms with Crippen molar-refractivity contribution in [3.05, 3.63) is 16.4 Å². The predicted octanol–water partition coefficient (Wildman–Crippen LogP) is 3.07. The Balaban J connectivity index is 2.42. The summed E-state index contributed by atoms with van der Waals surface area (Å²) in [4.78, 5) is 10.7. The van der Waals surface area contributed by atoms with Crippen molar-refractivity contribution in [1.29, 1.82) is 0 Å². The number of rotatable bonds is 2. The molecule has 8 heteroatoms. The molecule has 4 nitrogen and oxygen atoms in total. The number of halogens is 4. The van der Waals surface area contributed by atoms with Gasteiger partial charge in [0, 0.05) is 6.61 Å². The minimum Gasteiger partial charge on any atom is -0.356 e. The second-order valence-corrected chi connectivity index (χ2v) is 4.29. The molecule has 0 aliphatic carbocycles. The van der Waals surface area contributed by atoms with Gasteiger partial charge in [0.2, 0.25) is 0 Å². The Morgan fingerprint density at radius 1 is 1.44 bits per heavy atom. The molecule has 0 saturated carbocycles. The van der Waals surface area contributed by atoms with Crippen LogP contribution >= 0.6 is 11.6 Å². The average Bonchev–Trinajstić information content (AvgIpc) is 2.67. The lowest BCUT2D eigenvalue weighted by atomic mass is 10.2. The Morgan fingerprint density at radius 3 is 2.61 bits per heavy atom. The third kappa shape index (κ3) is 2.37. The molecule has 1 aliphatic heterocycles. The summed E-state index contributed by atoms with van der Waals surface area (Å²) in [6, 6.07) is 0. The third-order valence-electron chi connectivity index (χ3n) is 2.70. The van der Waals surface area contributed by atoms with Crippen LogP contribution in [0, 0.1) is 0 Å². The van der Waals surface area contributed by atoms with Gasteiger partial charge in [0.25, 0.3) is 0 Å². The predicted molar refractivity (Wildman–Crippen MR) is 56.5 cm³/mol. The van der Waals surface area contributed by atoms with Crippen molar-refractivity contribution in [2.75, 3.05) is 6.61 Å². The van der Waals surface area contributed by atoms with Crippen molar-refractivity contribution in [2.45, 2.75) is 31.7 Å². The number of hydrogen-bond donors (Lipinski definition) is 0. The van der Waals surface area contributed by atoms with Crippen molar-refractivity contribution in [3.63, 3.8) is 0 Å². The van der Waals surface area contributed by atoms with Gasteiger partial charge >= 0.3 is 6.18 Å². The Kier molecular flexibility index (Phi) is 3.63. The van der Waals surface area contributed by atoms with Gasteiger partial charge in [-0.15, -0.1) is 0 Å². The zero-order chi connectivity index (χ0) is 13.3. The first-order valence-corrected chi connectivity index (χ1v) is 5.75. The fraction of sp³-hybridized carbons (Fsp3) is 0.600. The Labute approximate surface area is 106 Å². The first kappa shape index (κ1) is 13.4. The van der Waals surface area contributed by atoms with Crippen LogP contribution in [-0.2, 0) is 10.9 Å². The van der Waals surface area contributed by atoms with Crippen molar-refractivity contribution in [2.24, 2.45) is 0 Å². The molecular weight excluding hydrogens is 273 g/mol. The van der Waals surface area contributed by atoms with E-state index >= 15 is 0 Å². The molecule has 1 aromatic heterocycles. The molecule has 1 saturated heterocycles. The first-order valence-electron chi connectivity index (χ1n) is 5.37. The molecule has 0 spiro atoms. The zero-order valence-corrected chi connectivity index (χ0v) is 9.96. The summed E-state index contributed by atoms with van der Waals surface area (Å²) >= 11 is 5.76. The summed E-state index contributed by atoms with van der Waals surface area (Å²) in [6.45, 7) is 0.443. The minimum absolute atomic E-state index is 0.0669. The van der Waals surface area contributed by atoms with Crippen molar-refractivity contribution >= 4 is 17.9 Å². The van der Waals surface area contributed by atoms with E-state index in [0.717, 1.165) is 17.5 Å². The molecular formula is C10H10ClF3N2O2. The summed E-state index contributed by atoms with van der Waals surface area (Å²) < 4.78 is 44.2. The highest BCUT2D eigenvalue weighted by Gasteiger charge is 2.40. The van der Waals surface area contributed by atoms with E-state index in [1.165, 1.54) is 0 Å². The van der Waals surface area contributed by atoms with Gasteiger partial charge in [0.05, 0.1) is 5.56 Å². The number of carbonyl (C=O) groups excluding carboxylic acids is 1. The van der Waals surface area contributed by atoms with E-state index in [9.17, 15) is 18.0 Å². The Morgan fingerprint density at radius 2 is 2.17 bits per heavy atom. The monoisotopic (exact) mass is 282 g/mol. The molecule has 0 radical (unpaired) electrons. The highest BCUT2D eigenvalue weighted by Crippen LogP contribution is 2.36. The van der Waals surface area contributed by atoms with E-state index in [1.807, 2.05) is 0 Å². The molecule has 1 atom stereocenters. The molecule has 2 heterocycles. The minimum atomic E-state index is -4.71. The fourth-order valence-electron chi connectivity index (χ4n) is 1.85. The van der Waals surface area contributed by atoms with Crippen molar-refractivity contribution < 1.29 is 22.7 Å². The molecule has 0 aromatic carbocycles. The van der Waals surface area contributed by atoms with E-state index in [4.69, 9.17) is 16.3 Å². The molecule has 18 heavy (non-hydrogen) atoms. The summed E-state index contributed by atoms with van der Waals surface area (Å²) in [6.07, 6.45) is -3.09. The molecule has 100 valence electrons. The third-order valence-corrected chi connectivity index (χ3v) is 3.08. The van der Waals surface area contributed by atoms with E-state index < -0.39 is 23.7 Å². The molecule has 1 aromatic rings.